The van der Waals surface area contributed by atoms with Gasteiger partial charge in [0.1, 0.15) is 17.4 Å². The van der Waals surface area contributed by atoms with Crippen LogP contribution in [0.4, 0.5) is 5.69 Å². The molecule has 0 radical (unpaired) electrons. The number of ether oxygens (including phenoxy) is 1. The van der Waals surface area contributed by atoms with E-state index in [0.29, 0.717) is 24.5 Å². The molecule has 0 fully saturated rings. The summed E-state index contributed by atoms with van der Waals surface area (Å²) in [6.07, 6.45) is 1.60. The van der Waals surface area contributed by atoms with Gasteiger partial charge in [0.2, 0.25) is 0 Å². The second kappa shape index (κ2) is 7.85. The van der Waals surface area contributed by atoms with Crippen molar-refractivity contribution in [1.82, 2.24) is 9.78 Å². The van der Waals surface area contributed by atoms with E-state index in [1.54, 1.807) is 6.20 Å². The summed E-state index contributed by atoms with van der Waals surface area (Å²) in [5.74, 6) is 0.805. The highest BCUT2D eigenvalue weighted by atomic mass is 35.5. The van der Waals surface area contributed by atoms with Gasteiger partial charge in [-0.2, -0.15) is 9.78 Å². The van der Waals surface area contributed by atoms with E-state index in [2.05, 4.69) is 5.10 Å². The number of rotatable bonds is 6. The summed E-state index contributed by atoms with van der Waals surface area (Å²) >= 11 is 6.28. The zero-order valence-corrected chi connectivity index (χ0v) is 14.6. The van der Waals surface area contributed by atoms with Gasteiger partial charge in [-0.05, 0) is 24.3 Å². The molecule has 0 bridgehead atoms. The van der Waals surface area contributed by atoms with Crippen LogP contribution in [0.3, 0.4) is 0 Å². The highest BCUT2D eigenvalue weighted by molar-refractivity contribution is 6.33. The summed E-state index contributed by atoms with van der Waals surface area (Å²) in [7, 11) is 1.85. The molecule has 0 spiro atoms. The van der Waals surface area contributed by atoms with Crippen LogP contribution in [0.2, 0.25) is 5.02 Å². The zero-order chi connectivity index (χ0) is 17.6. The quantitative estimate of drug-likeness (QED) is 0.680. The Kier molecular flexibility index (Phi) is 5.36. The minimum Gasteiger partial charge on any atom is -0.492 e. The van der Waals surface area contributed by atoms with Gasteiger partial charge >= 0.3 is 0 Å². The van der Waals surface area contributed by atoms with Crippen molar-refractivity contribution in [3.8, 4) is 11.4 Å². The highest BCUT2D eigenvalue weighted by Crippen LogP contribution is 2.20. The lowest BCUT2D eigenvalue weighted by Gasteiger charge is -2.20. The third-order valence-electron chi connectivity index (χ3n) is 3.75. The van der Waals surface area contributed by atoms with Crippen molar-refractivity contribution in [1.29, 1.82) is 0 Å². The fraction of sp³-hybridized carbons (Fsp3) is 0.158. The van der Waals surface area contributed by atoms with Crippen LogP contribution in [0.25, 0.3) is 5.69 Å². The molecule has 0 atom stereocenters. The van der Waals surface area contributed by atoms with Crippen LogP contribution in [0.15, 0.2) is 71.7 Å². The lowest BCUT2D eigenvalue weighted by molar-refractivity contribution is 0.326. The monoisotopic (exact) mass is 355 g/mol. The Morgan fingerprint density at radius 3 is 2.40 bits per heavy atom. The number of nitrogens with zero attached hydrogens (tertiary/aromatic N) is 3. The maximum absolute atomic E-state index is 12.5. The summed E-state index contributed by atoms with van der Waals surface area (Å²) in [5.41, 5.74) is 0.910. The minimum atomic E-state index is -0.346. The predicted molar refractivity (Wildman–Crippen MR) is 100 cm³/mol. The van der Waals surface area contributed by atoms with Crippen LogP contribution in [0, 0.1) is 0 Å². The van der Waals surface area contributed by atoms with E-state index in [9.17, 15) is 4.79 Å². The van der Waals surface area contributed by atoms with Crippen molar-refractivity contribution in [2.45, 2.75) is 0 Å². The Morgan fingerprint density at radius 1 is 1.08 bits per heavy atom. The van der Waals surface area contributed by atoms with Gasteiger partial charge in [0.05, 0.1) is 24.1 Å². The Labute approximate surface area is 151 Å². The van der Waals surface area contributed by atoms with Crippen molar-refractivity contribution in [3.63, 3.8) is 0 Å². The molecule has 2 aromatic carbocycles. The molecule has 128 valence electrons. The van der Waals surface area contributed by atoms with Crippen LogP contribution >= 0.6 is 11.6 Å². The topological polar surface area (TPSA) is 47.4 Å². The van der Waals surface area contributed by atoms with Crippen LogP contribution < -0.4 is 15.2 Å². The van der Waals surface area contributed by atoms with Gasteiger partial charge in [0.25, 0.3) is 5.56 Å². The van der Waals surface area contributed by atoms with Gasteiger partial charge in [-0.15, -0.1) is 0 Å². The first-order chi connectivity index (χ1) is 12.2. The maximum atomic E-state index is 12.5. The van der Waals surface area contributed by atoms with Crippen LogP contribution in [0.5, 0.6) is 5.75 Å². The summed E-state index contributed by atoms with van der Waals surface area (Å²) in [4.78, 5) is 14.4. The van der Waals surface area contributed by atoms with E-state index in [-0.39, 0.29) is 10.6 Å². The Morgan fingerprint density at radius 2 is 1.72 bits per heavy atom. The first-order valence-electron chi connectivity index (χ1n) is 7.89. The molecule has 0 saturated heterocycles. The van der Waals surface area contributed by atoms with E-state index in [4.69, 9.17) is 16.3 Å². The molecular formula is C19H18ClN3O2. The molecule has 1 aromatic heterocycles. The standard InChI is InChI=1S/C19H18ClN3O2/c1-22(12-13-25-16-10-6-3-7-11-16)17-14-21-23(19(24)18(17)20)15-8-4-2-5-9-15/h2-11,14H,12-13H2,1H3. The largest absolute Gasteiger partial charge is 0.492 e. The highest BCUT2D eigenvalue weighted by Gasteiger charge is 2.13. The average molecular weight is 356 g/mol. The Balaban J connectivity index is 1.72. The molecule has 1 heterocycles. The normalized spacial score (nSPS) is 10.5. The van der Waals surface area contributed by atoms with Gasteiger partial charge in [-0.3, -0.25) is 4.79 Å². The van der Waals surface area contributed by atoms with Gasteiger partial charge in [0, 0.05) is 7.05 Å². The zero-order valence-electron chi connectivity index (χ0n) is 13.8. The minimum absolute atomic E-state index is 0.140. The van der Waals surface area contributed by atoms with E-state index in [1.807, 2.05) is 72.6 Å². The van der Waals surface area contributed by atoms with Crippen molar-refractivity contribution in [3.05, 3.63) is 82.2 Å². The average Bonchev–Trinajstić information content (AvgIpc) is 2.65. The number of hydrogen-bond donors (Lipinski definition) is 0. The number of benzene rings is 2. The van der Waals surface area contributed by atoms with Gasteiger partial charge < -0.3 is 9.64 Å². The number of para-hydroxylation sites is 2. The smallest absolute Gasteiger partial charge is 0.292 e. The van der Waals surface area contributed by atoms with Gasteiger partial charge in [-0.25, -0.2) is 0 Å². The molecule has 0 N–H and O–H groups in total. The van der Waals surface area contributed by atoms with Crippen molar-refractivity contribution in [2.75, 3.05) is 25.1 Å². The summed E-state index contributed by atoms with van der Waals surface area (Å²) in [5, 5.41) is 4.37. The number of hydrogen-bond acceptors (Lipinski definition) is 4. The third kappa shape index (κ3) is 4.00. The first-order valence-corrected chi connectivity index (χ1v) is 8.27. The SMILES string of the molecule is CN(CCOc1ccccc1)c1cnn(-c2ccccc2)c(=O)c1Cl. The second-order valence-corrected chi connectivity index (χ2v) is 5.86. The molecule has 3 rings (SSSR count). The Hall–Kier alpha value is -2.79. The molecule has 0 aliphatic carbocycles. The van der Waals surface area contributed by atoms with E-state index >= 15 is 0 Å². The lowest BCUT2D eigenvalue weighted by atomic mass is 10.3. The van der Waals surface area contributed by atoms with Crippen LogP contribution in [0.1, 0.15) is 0 Å². The number of likely N-dealkylation sites (N-methyl/N-ethyl adjacent to an activating group) is 1. The molecule has 0 amide bonds. The second-order valence-electron chi connectivity index (χ2n) is 5.48. The molecule has 25 heavy (non-hydrogen) atoms. The van der Waals surface area contributed by atoms with E-state index < -0.39 is 0 Å². The lowest BCUT2D eigenvalue weighted by Crippen LogP contribution is -2.29. The van der Waals surface area contributed by atoms with Crippen molar-refractivity contribution in [2.24, 2.45) is 0 Å². The maximum Gasteiger partial charge on any atom is 0.292 e. The van der Waals surface area contributed by atoms with Gasteiger partial charge in [-0.1, -0.05) is 48.0 Å². The molecule has 0 saturated carbocycles. The number of anilines is 1. The van der Waals surface area contributed by atoms with Crippen LogP contribution in [-0.4, -0.2) is 30.0 Å². The van der Waals surface area contributed by atoms with Gasteiger partial charge in [0.15, 0.2) is 0 Å². The van der Waals surface area contributed by atoms with Crippen molar-refractivity contribution >= 4 is 17.3 Å². The van der Waals surface area contributed by atoms with E-state index in [0.717, 1.165) is 5.75 Å². The fourth-order valence-electron chi connectivity index (χ4n) is 2.38. The molecule has 0 aliphatic heterocycles. The first kappa shape index (κ1) is 17.0. The predicted octanol–water partition coefficient (Wildman–Crippen LogP) is 3.40. The Bertz CT molecular complexity index is 882. The molecule has 3 aromatic rings. The summed E-state index contributed by atoms with van der Waals surface area (Å²) < 4.78 is 6.96. The molecule has 0 unspecified atom stereocenters. The third-order valence-corrected chi connectivity index (χ3v) is 4.11. The fourth-order valence-corrected chi connectivity index (χ4v) is 2.65. The van der Waals surface area contributed by atoms with Crippen LogP contribution in [-0.2, 0) is 0 Å². The molecule has 6 heteroatoms. The molecule has 5 nitrogen and oxygen atoms in total. The number of aromatic nitrogens is 2. The summed E-state index contributed by atoms with van der Waals surface area (Å²) in [6.45, 7) is 1.05. The molecular weight excluding hydrogens is 338 g/mol. The van der Waals surface area contributed by atoms with Crippen molar-refractivity contribution < 1.29 is 4.74 Å². The van der Waals surface area contributed by atoms with E-state index in [1.165, 1.54) is 4.68 Å². The number of halogens is 1. The summed E-state index contributed by atoms with van der Waals surface area (Å²) in [6, 6.07) is 18.8. The molecule has 0 aliphatic rings.